The third-order valence-corrected chi connectivity index (χ3v) is 4.39. The topological polar surface area (TPSA) is 70.8 Å². The van der Waals surface area contributed by atoms with Gasteiger partial charge in [0.25, 0.3) is 10.0 Å². The Morgan fingerprint density at radius 2 is 2.38 bits per heavy atom. The fourth-order valence-electron chi connectivity index (χ4n) is 1.82. The first-order chi connectivity index (χ1) is 7.55. The van der Waals surface area contributed by atoms with Crippen molar-refractivity contribution in [1.29, 1.82) is 0 Å². The third-order valence-electron chi connectivity index (χ3n) is 2.58. The second kappa shape index (κ2) is 4.15. The maximum absolute atomic E-state index is 13.1. The van der Waals surface area contributed by atoms with Crippen LogP contribution in [0.2, 0.25) is 0 Å². The molecule has 0 saturated carbocycles. The molecular weight excluding hydrogens is 237 g/mol. The third kappa shape index (κ3) is 1.85. The predicted molar refractivity (Wildman–Crippen MR) is 53.0 cm³/mol. The summed E-state index contributed by atoms with van der Waals surface area (Å²) in [4.78, 5) is 0. The Morgan fingerprint density at radius 3 is 2.94 bits per heavy atom. The van der Waals surface area contributed by atoms with Crippen LogP contribution in [0.4, 0.5) is 4.39 Å². The van der Waals surface area contributed by atoms with E-state index in [0.29, 0.717) is 0 Å². The molecule has 0 bridgehead atoms. The molecule has 1 aromatic rings. The molecule has 2 heterocycles. The van der Waals surface area contributed by atoms with E-state index >= 15 is 0 Å². The Morgan fingerprint density at radius 1 is 1.62 bits per heavy atom. The minimum atomic E-state index is -3.82. The van der Waals surface area contributed by atoms with Crippen molar-refractivity contribution >= 4 is 10.0 Å². The van der Waals surface area contributed by atoms with Gasteiger partial charge in [-0.1, -0.05) is 0 Å². The first kappa shape index (κ1) is 11.6. The van der Waals surface area contributed by atoms with Crippen LogP contribution in [0.5, 0.6) is 0 Å². The lowest BCUT2D eigenvalue weighted by Gasteiger charge is -2.20. The molecule has 0 aromatic carbocycles. The zero-order valence-electron chi connectivity index (χ0n) is 8.41. The van der Waals surface area contributed by atoms with Gasteiger partial charge in [-0.3, -0.25) is 0 Å². The molecule has 1 aliphatic rings. The monoisotopic (exact) mass is 249 g/mol. The molecule has 2 rings (SSSR count). The Kier molecular flexibility index (Phi) is 3.00. The van der Waals surface area contributed by atoms with Gasteiger partial charge in [0.15, 0.2) is 0 Å². The van der Waals surface area contributed by atoms with Crippen LogP contribution in [0, 0.1) is 0 Å². The van der Waals surface area contributed by atoms with Crippen LogP contribution in [-0.2, 0) is 10.0 Å². The zero-order valence-corrected chi connectivity index (χ0v) is 9.23. The van der Waals surface area contributed by atoms with Gasteiger partial charge >= 0.3 is 0 Å². The molecule has 0 spiro atoms. The Bertz CT molecular complexity index is 444. The minimum Gasteiger partial charge on any atom is -0.452 e. The lowest BCUT2D eigenvalue weighted by atomic mass is 10.2. The highest BCUT2D eigenvalue weighted by atomic mass is 32.2. The molecule has 1 fully saturated rings. The predicted octanol–water partition coefficient (Wildman–Crippen LogP) is 0.373. The summed E-state index contributed by atoms with van der Waals surface area (Å²) in [6.45, 7) is -0.616. The van der Waals surface area contributed by atoms with Crippen LogP contribution in [-0.4, -0.2) is 43.2 Å². The number of nitrogens with zero attached hydrogens (tertiary/aromatic N) is 1. The molecule has 90 valence electrons. The van der Waals surface area contributed by atoms with Crippen LogP contribution in [0.1, 0.15) is 6.42 Å². The molecule has 5 nitrogen and oxygen atoms in total. The summed E-state index contributed by atoms with van der Waals surface area (Å²) in [7, 11) is -3.82. The number of furan rings is 1. The van der Waals surface area contributed by atoms with E-state index in [1.807, 2.05) is 0 Å². The molecule has 16 heavy (non-hydrogen) atoms. The Hall–Kier alpha value is -0.920. The van der Waals surface area contributed by atoms with E-state index in [1.54, 1.807) is 0 Å². The average molecular weight is 249 g/mol. The standard InChI is InChI=1S/C9H12FNO4S/c10-7-4-8(6-12)11(5-7)16(13,14)9-2-1-3-15-9/h1-3,7-8,12H,4-6H2/t7-,8-/m0/s1. The lowest BCUT2D eigenvalue weighted by molar-refractivity contribution is 0.211. The van der Waals surface area contributed by atoms with E-state index in [2.05, 4.69) is 0 Å². The molecule has 0 amide bonds. The molecule has 1 N–H and O–H groups in total. The number of aliphatic hydroxyl groups is 1. The van der Waals surface area contributed by atoms with Gasteiger partial charge in [-0.05, 0) is 18.6 Å². The van der Waals surface area contributed by atoms with E-state index in [1.165, 1.54) is 18.4 Å². The number of halogens is 1. The van der Waals surface area contributed by atoms with Crippen molar-refractivity contribution in [2.24, 2.45) is 0 Å². The van der Waals surface area contributed by atoms with Crippen molar-refractivity contribution in [1.82, 2.24) is 4.31 Å². The van der Waals surface area contributed by atoms with Gasteiger partial charge in [-0.2, -0.15) is 4.31 Å². The second-order valence-electron chi connectivity index (χ2n) is 3.68. The summed E-state index contributed by atoms with van der Waals surface area (Å²) >= 11 is 0. The van der Waals surface area contributed by atoms with Gasteiger partial charge in [0.1, 0.15) is 6.17 Å². The molecule has 0 radical (unpaired) electrons. The van der Waals surface area contributed by atoms with E-state index in [-0.39, 0.29) is 24.7 Å². The number of alkyl halides is 1. The summed E-state index contributed by atoms with van der Waals surface area (Å²) in [6, 6.07) is 2.05. The SMILES string of the molecule is O=S(=O)(c1ccco1)N1C[C@@H](F)C[C@H]1CO. The first-order valence-electron chi connectivity index (χ1n) is 4.86. The Labute approximate surface area is 92.5 Å². The number of hydrogen-bond donors (Lipinski definition) is 1. The molecule has 0 aliphatic carbocycles. The average Bonchev–Trinajstić information content (AvgIpc) is 2.85. The van der Waals surface area contributed by atoms with Crippen molar-refractivity contribution in [3.05, 3.63) is 18.4 Å². The van der Waals surface area contributed by atoms with Gasteiger partial charge in [0, 0.05) is 6.54 Å². The van der Waals surface area contributed by atoms with Gasteiger partial charge in [0.2, 0.25) is 5.09 Å². The first-order valence-corrected chi connectivity index (χ1v) is 6.30. The smallest absolute Gasteiger partial charge is 0.276 e. The number of rotatable bonds is 3. The van der Waals surface area contributed by atoms with Crippen molar-refractivity contribution in [2.45, 2.75) is 23.7 Å². The molecule has 1 saturated heterocycles. The molecule has 1 aliphatic heterocycles. The summed E-state index contributed by atoms with van der Waals surface area (Å²) in [5.74, 6) is 0. The number of hydrogen-bond acceptors (Lipinski definition) is 4. The van der Waals surface area contributed by atoms with Gasteiger partial charge in [-0.25, -0.2) is 12.8 Å². The van der Waals surface area contributed by atoms with Crippen LogP contribution in [0.15, 0.2) is 27.9 Å². The van der Waals surface area contributed by atoms with Crippen molar-refractivity contribution in [3.8, 4) is 0 Å². The Balaban J connectivity index is 2.31. The fourth-order valence-corrected chi connectivity index (χ4v) is 3.38. The van der Waals surface area contributed by atoms with Crippen LogP contribution >= 0.6 is 0 Å². The normalized spacial score (nSPS) is 27.4. The summed E-state index contributed by atoms with van der Waals surface area (Å²) in [5, 5.41) is 8.79. The van der Waals surface area contributed by atoms with E-state index in [9.17, 15) is 12.8 Å². The molecule has 7 heteroatoms. The quantitative estimate of drug-likeness (QED) is 0.840. The van der Waals surface area contributed by atoms with Crippen LogP contribution in [0.3, 0.4) is 0 Å². The largest absolute Gasteiger partial charge is 0.452 e. The van der Waals surface area contributed by atoms with Crippen molar-refractivity contribution in [2.75, 3.05) is 13.2 Å². The van der Waals surface area contributed by atoms with Crippen molar-refractivity contribution in [3.63, 3.8) is 0 Å². The highest BCUT2D eigenvalue weighted by molar-refractivity contribution is 7.89. The summed E-state index contributed by atoms with van der Waals surface area (Å²) < 4.78 is 42.8. The van der Waals surface area contributed by atoms with Gasteiger partial charge in [0.05, 0.1) is 18.9 Å². The van der Waals surface area contributed by atoms with Crippen molar-refractivity contribution < 1.29 is 22.3 Å². The molecule has 2 atom stereocenters. The molecule has 0 unspecified atom stereocenters. The zero-order chi connectivity index (χ0) is 11.8. The highest BCUT2D eigenvalue weighted by Gasteiger charge is 2.41. The second-order valence-corrected chi connectivity index (χ2v) is 5.50. The van der Waals surface area contributed by atoms with Gasteiger partial charge in [-0.15, -0.1) is 0 Å². The maximum Gasteiger partial charge on any atom is 0.276 e. The highest BCUT2D eigenvalue weighted by Crippen LogP contribution is 2.27. The molecule has 1 aromatic heterocycles. The maximum atomic E-state index is 13.1. The van der Waals surface area contributed by atoms with E-state index in [0.717, 1.165) is 4.31 Å². The van der Waals surface area contributed by atoms with E-state index < -0.39 is 22.2 Å². The van der Waals surface area contributed by atoms with Crippen LogP contribution in [0.25, 0.3) is 0 Å². The summed E-state index contributed by atoms with van der Waals surface area (Å²) in [6.07, 6.45) is 0.0298. The van der Waals surface area contributed by atoms with Gasteiger partial charge < -0.3 is 9.52 Å². The molecular formula is C9H12FNO4S. The number of sulfonamides is 1. The summed E-state index contributed by atoms with van der Waals surface area (Å²) in [5.41, 5.74) is 0. The minimum absolute atomic E-state index is 0.0242. The number of aliphatic hydroxyl groups excluding tert-OH is 1. The fraction of sp³-hybridized carbons (Fsp3) is 0.556. The van der Waals surface area contributed by atoms with E-state index in [4.69, 9.17) is 9.52 Å². The van der Waals surface area contributed by atoms with Crippen LogP contribution < -0.4 is 0 Å². The lowest BCUT2D eigenvalue weighted by Crippen LogP contribution is -2.37.